The maximum Gasteiger partial charge on any atom is 0.145 e. The Morgan fingerprint density at radius 3 is 2.50 bits per heavy atom. The lowest BCUT2D eigenvalue weighted by Gasteiger charge is -2.00. The van der Waals surface area contributed by atoms with Crippen molar-refractivity contribution in [2.45, 2.75) is 0 Å². The number of aromatic nitrogens is 1. The van der Waals surface area contributed by atoms with Crippen LogP contribution in [0, 0.1) is 5.82 Å². The second-order valence-corrected chi connectivity index (χ2v) is 3.26. The summed E-state index contributed by atoms with van der Waals surface area (Å²) >= 11 is 5.53. The highest BCUT2D eigenvalue weighted by atomic mass is 35.5. The Balaban J connectivity index is 2.48. The van der Waals surface area contributed by atoms with E-state index in [0.29, 0.717) is 5.69 Å². The lowest BCUT2D eigenvalue weighted by Crippen LogP contribution is -1.85. The van der Waals surface area contributed by atoms with Gasteiger partial charge in [-0.2, -0.15) is 0 Å². The summed E-state index contributed by atoms with van der Waals surface area (Å²) in [7, 11) is 0. The van der Waals surface area contributed by atoms with Gasteiger partial charge in [0.2, 0.25) is 0 Å². The number of hydrogen-bond acceptors (Lipinski definition) is 1. The van der Waals surface area contributed by atoms with Crippen LogP contribution in [0.25, 0.3) is 11.3 Å². The quantitative estimate of drug-likeness (QED) is 0.697. The molecule has 1 nitrogen and oxygen atoms in total. The van der Waals surface area contributed by atoms with Crippen LogP contribution in [0.4, 0.5) is 4.39 Å². The average molecular weight is 208 g/mol. The van der Waals surface area contributed by atoms with Crippen LogP contribution in [0.3, 0.4) is 0 Å². The van der Waals surface area contributed by atoms with Gasteiger partial charge in [0.1, 0.15) is 5.82 Å². The van der Waals surface area contributed by atoms with Crippen molar-refractivity contribution in [3.05, 3.63) is 53.4 Å². The number of nitrogens with zero attached hydrogens (tertiary/aromatic N) is 1. The largest absolute Gasteiger partial charge is 0.254 e. The third-order valence-corrected chi connectivity index (χ3v) is 2.16. The second kappa shape index (κ2) is 3.76. The molecule has 70 valence electrons. The van der Waals surface area contributed by atoms with E-state index in [9.17, 15) is 4.39 Å². The zero-order valence-corrected chi connectivity index (χ0v) is 8.00. The predicted octanol–water partition coefficient (Wildman–Crippen LogP) is 3.54. The average Bonchev–Trinajstić information content (AvgIpc) is 2.23. The van der Waals surface area contributed by atoms with Crippen molar-refractivity contribution in [1.82, 2.24) is 4.98 Å². The number of rotatable bonds is 1. The van der Waals surface area contributed by atoms with Gasteiger partial charge in [0.05, 0.1) is 10.7 Å². The summed E-state index contributed by atoms with van der Waals surface area (Å²) in [6, 6.07) is 10.7. The molecule has 14 heavy (non-hydrogen) atoms. The first kappa shape index (κ1) is 9.16. The molecular formula is C11H7ClFN. The molecule has 0 N–H and O–H groups in total. The summed E-state index contributed by atoms with van der Waals surface area (Å²) in [6.07, 6.45) is 1.32. The molecule has 0 aliphatic carbocycles. The topological polar surface area (TPSA) is 12.9 Å². The van der Waals surface area contributed by atoms with Crippen LogP contribution in [-0.2, 0) is 0 Å². The Hall–Kier alpha value is -1.41. The van der Waals surface area contributed by atoms with Crippen molar-refractivity contribution in [2.75, 3.05) is 0 Å². The highest BCUT2D eigenvalue weighted by molar-refractivity contribution is 6.30. The van der Waals surface area contributed by atoms with Crippen LogP contribution in [0.15, 0.2) is 42.6 Å². The Morgan fingerprint density at radius 2 is 1.86 bits per heavy atom. The van der Waals surface area contributed by atoms with E-state index in [2.05, 4.69) is 4.98 Å². The van der Waals surface area contributed by atoms with E-state index in [4.69, 9.17) is 11.6 Å². The molecule has 0 saturated heterocycles. The summed E-state index contributed by atoms with van der Waals surface area (Å²) < 4.78 is 13.1. The number of benzene rings is 1. The van der Waals surface area contributed by atoms with Gasteiger partial charge in [0.25, 0.3) is 0 Å². The van der Waals surface area contributed by atoms with Gasteiger partial charge in [-0.15, -0.1) is 0 Å². The molecule has 2 aromatic rings. The molecule has 0 amide bonds. The molecule has 1 heterocycles. The SMILES string of the molecule is Fc1cc(-c2ccccc2)ncc1Cl. The van der Waals surface area contributed by atoms with Crippen LogP contribution in [0.1, 0.15) is 0 Å². The lowest BCUT2D eigenvalue weighted by atomic mass is 10.1. The molecule has 0 bridgehead atoms. The molecular weight excluding hydrogens is 201 g/mol. The van der Waals surface area contributed by atoms with E-state index in [1.807, 2.05) is 30.3 Å². The van der Waals surface area contributed by atoms with Crippen molar-refractivity contribution < 1.29 is 4.39 Å². The fourth-order valence-electron chi connectivity index (χ4n) is 1.18. The van der Waals surface area contributed by atoms with E-state index in [-0.39, 0.29) is 5.02 Å². The summed E-state index contributed by atoms with van der Waals surface area (Å²) in [5.74, 6) is -0.444. The van der Waals surface area contributed by atoms with Gasteiger partial charge >= 0.3 is 0 Å². The van der Waals surface area contributed by atoms with Gasteiger partial charge in [0.15, 0.2) is 0 Å². The zero-order chi connectivity index (χ0) is 9.97. The standard InChI is InChI=1S/C11H7ClFN/c12-9-7-14-11(6-10(9)13)8-4-2-1-3-5-8/h1-7H. The molecule has 0 atom stereocenters. The maximum atomic E-state index is 13.1. The van der Waals surface area contributed by atoms with Crippen LogP contribution >= 0.6 is 11.6 Å². The van der Waals surface area contributed by atoms with E-state index in [1.165, 1.54) is 12.3 Å². The first-order valence-corrected chi connectivity index (χ1v) is 4.51. The molecule has 0 spiro atoms. The third kappa shape index (κ3) is 1.75. The molecule has 0 saturated carbocycles. The van der Waals surface area contributed by atoms with Crippen molar-refractivity contribution >= 4 is 11.6 Å². The van der Waals surface area contributed by atoms with Gasteiger partial charge in [-0.25, -0.2) is 4.39 Å². The summed E-state index contributed by atoms with van der Waals surface area (Å²) in [5.41, 5.74) is 1.47. The van der Waals surface area contributed by atoms with Crippen LogP contribution in [0.2, 0.25) is 5.02 Å². The zero-order valence-electron chi connectivity index (χ0n) is 7.24. The molecule has 2 rings (SSSR count). The number of hydrogen-bond donors (Lipinski definition) is 0. The third-order valence-electron chi connectivity index (χ3n) is 1.88. The Labute approximate surface area is 86.2 Å². The van der Waals surface area contributed by atoms with Crippen molar-refractivity contribution in [3.63, 3.8) is 0 Å². The van der Waals surface area contributed by atoms with Crippen molar-refractivity contribution in [1.29, 1.82) is 0 Å². The molecule has 0 fully saturated rings. The Bertz CT molecular complexity index is 442. The van der Waals surface area contributed by atoms with E-state index in [1.54, 1.807) is 0 Å². The minimum atomic E-state index is -0.444. The van der Waals surface area contributed by atoms with Crippen LogP contribution in [0.5, 0.6) is 0 Å². The fraction of sp³-hybridized carbons (Fsp3) is 0. The monoisotopic (exact) mass is 207 g/mol. The van der Waals surface area contributed by atoms with Gasteiger partial charge in [-0.3, -0.25) is 4.98 Å². The Kier molecular flexibility index (Phi) is 2.46. The van der Waals surface area contributed by atoms with Crippen molar-refractivity contribution in [3.8, 4) is 11.3 Å². The number of halogens is 2. The first-order valence-electron chi connectivity index (χ1n) is 4.14. The molecule has 1 aromatic carbocycles. The minimum absolute atomic E-state index is 0.0460. The maximum absolute atomic E-state index is 13.1. The van der Waals surface area contributed by atoms with Gasteiger partial charge in [0, 0.05) is 17.8 Å². The summed E-state index contributed by atoms with van der Waals surface area (Å²) in [6.45, 7) is 0. The van der Waals surface area contributed by atoms with Crippen LogP contribution < -0.4 is 0 Å². The molecule has 1 aromatic heterocycles. The van der Waals surface area contributed by atoms with Gasteiger partial charge in [-0.05, 0) is 0 Å². The minimum Gasteiger partial charge on any atom is -0.254 e. The molecule has 0 aliphatic heterocycles. The molecule has 0 radical (unpaired) electrons. The highest BCUT2D eigenvalue weighted by Gasteiger charge is 2.03. The van der Waals surface area contributed by atoms with Crippen molar-refractivity contribution in [2.24, 2.45) is 0 Å². The molecule has 0 unspecified atom stereocenters. The second-order valence-electron chi connectivity index (χ2n) is 2.85. The predicted molar refractivity (Wildman–Crippen MR) is 54.6 cm³/mol. The smallest absolute Gasteiger partial charge is 0.145 e. The normalized spacial score (nSPS) is 10.1. The van der Waals surface area contributed by atoms with E-state index < -0.39 is 5.82 Å². The molecule has 0 aliphatic rings. The summed E-state index contributed by atoms with van der Waals surface area (Å²) in [5, 5.41) is 0.0460. The van der Waals surface area contributed by atoms with E-state index >= 15 is 0 Å². The lowest BCUT2D eigenvalue weighted by molar-refractivity contribution is 0.626. The molecule has 3 heteroatoms. The van der Waals surface area contributed by atoms with E-state index in [0.717, 1.165) is 5.56 Å². The fourth-order valence-corrected chi connectivity index (χ4v) is 1.28. The summed E-state index contributed by atoms with van der Waals surface area (Å²) in [4.78, 5) is 4.04. The van der Waals surface area contributed by atoms with Crippen LogP contribution in [-0.4, -0.2) is 4.98 Å². The Morgan fingerprint density at radius 1 is 1.14 bits per heavy atom. The first-order chi connectivity index (χ1) is 6.77. The highest BCUT2D eigenvalue weighted by Crippen LogP contribution is 2.20. The van der Waals surface area contributed by atoms with Gasteiger partial charge in [-0.1, -0.05) is 41.9 Å². The van der Waals surface area contributed by atoms with Gasteiger partial charge < -0.3 is 0 Å². The number of pyridine rings is 1.